The molecule has 1 heterocycles. The second kappa shape index (κ2) is 8.63. The normalized spacial score (nSPS) is 17.9. The minimum Gasteiger partial charge on any atom is -0.445 e. The number of alkyl carbamates (subject to hydrolysis) is 1. The number of hydrogen-bond donors (Lipinski definition) is 1. The van der Waals surface area contributed by atoms with Crippen molar-refractivity contribution < 1.29 is 14.3 Å². The van der Waals surface area contributed by atoms with E-state index in [1.54, 1.807) is 4.90 Å². The summed E-state index contributed by atoms with van der Waals surface area (Å²) in [6, 6.07) is 9.51. The van der Waals surface area contributed by atoms with Gasteiger partial charge in [-0.25, -0.2) is 4.79 Å². The molecule has 0 aliphatic carbocycles. The first-order valence-corrected chi connectivity index (χ1v) is 8.04. The van der Waals surface area contributed by atoms with Crippen molar-refractivity contribution in [3.63, 3.8) is 0 Å². The van der Waals surface area contributed by atoms with Crippen LogP contribution in [0.5, 0.6) is 0 Å². The zero-order valence-electron chi connectivity index (χ0n) is 12.5. The molecule has 22 heavy (non-hydrogen) atoms. The number of carbonyl (C=O) groups excluding carboxylic acids is 2. The first-order chi connectivity index (χ1) is 10.7. The maximum Gasteiger partial charge on any atom is 0.407 e. The number of piperidine rings is 1. The van der Waals surface area contributed by atoms with E-state index in [-0.39, 0.29) is 24.4 Å². The van der Waals surface area contributed by atoms with Gasteiger partial charge < -0.3 is 15.0 Å². The standard InChI is InChI=1S/C16H21ClN2O3/c17-10-15(20)19-9-5-4-8-14(19)11-18-16(21)22-12-13-6-2-1-3-7-13/h1-3,6-7,14H,4-5,8-12H2,(H,18,21)/t14-/m1/s1. The highest BCUT2D eigenvalue weighted by atomic mass is 35.5. The van der Waals surface area contributed by atoms with Gasteiger partial charge in [-0.05, 0) is 24.8 Å². The molecule has 0 radical (unpaired) electrons. The van der Waals surface area contributed by atoms with Crippen molar-refractivity contribution in [2.24, 2.45) is 0 Å². The fourth-order valence-corrected chi connectivity index (χ4v) is 2.75. The van der Waals surface area contributed by atoms with Gasteiger partial charge in [0.2, 0.25) is 5.91 Å². The lowest BCUT2D eigenvalue weighted by atomic mass is 10.0. The van der Waals surface area contributed by atoms with E-state index in [1.165, 1.54) is 0 Å². The number of rotatable bonds is 5. The highest BCUT2D eigenvalue weighted by Gasteiger charge is 2.26. The monoisotopic (exact) mass is 324 g/mol. The average Bonchev–Trinajstić information content (AvgIpc) is 2.58. The minimum atomic E-state index is -0.465. The van der Waals surface area contributed by atoms with Crippen molar-refractivity contribution in [2.75, 3.05) is 19.0 Å². The zero-order chi connectivity index (χ0) is 15.8. The summed E-state index contributed by atoms with van der Waals surface area (Å²) >= 11 is 5.63. The lowest BCUT2D eigenvalue weighted by molar-refractivity contribution is -0.132. The van der Waals surface area contributed by atoms with Crippen molar-refractivity contribution in [1.82, 2.24) is 10.2 Å². The summed E-state index contributed by atoms with van der Waals surface area (Å²) in [5, 5.41) is 2.73. The molecule has 0 aromatic heterocycles. The SMILES string of the molecule is O=C(NC[C@H]1CCCCN1C(=O)CCl)OCc1ccccc1. The Kier molecular flexibility index (Phi) is 6.52. The number of nitrogens with zero attached hydrogens (tertiary/aromatic N) is 1. The van der Waals surface area contributed by atoms with Gasteiger partial charge in [0, 0.05) is 19.1 Å². The molecule has 0 unspecified atom stereocenters. The van der Waals surface area contributed by atoms with Gasteiger partial charge in [-0.1, -0.05) is 30.3 Å². The van der Waals surface area contributed by atoms with E-state index in [2.05, 4.69) is 5.32 Å². The van der Waals surface area contributed by atoms with Crippen LogP contribution in [0.25, 0.3) is 0 Å². The van der Waals surface area contributed by atoms with Gasteiger partial charge in [-0.15, -0.1) is 11.6 Å². The molecule has 1 saturated heterocycles. The number of hydrogen-bond acceptors (Lipinski definition) is 3. The molecule has 1 aliphatic heterocycles. The molecule has 6 heteroatoms. The van der Waals surface area contributed by atoms with E-state index < -0.39 is 6.09 Å². The lowest BCUT2D eigenvalue weighted by Gasteiger charge is -2.35. The van der Waals surface area contributed by atoms with Crippen LogP contribution in [0.4, 0.5) is 4.79 Å². The first kappa shape index (κ1) is 16.6. The highest BCUT2D eigenvalue weighted by Crippen LogP contribution is 2.17. The smallest absolute Gasteiger partial charge is 0.407 e. The Labute approximate surface area is 135 Å². The van der Waals surface area contributed by atoms with Crippen molar-refractivity contribution >= 4 is 23.6 Å². The molecule has 1 fully saturated rings. The summed E-state index contributed by atoms with van der Waals surface area (Å²) in [6.45, 7) is 1.34. The van der Waals surface area contributed by atoms with E-state index in [0.29, 0.717) is 13.1 Å². The minimum absolute atomic E-state index is 0.00396. The van der Waals surface area contributed by atoms with Gasteiger partial charge in [-0.2, -0.15) is 0 Å². The third kappa shape index (κ3) is 4.91. The number of likely N-dealkylation sites (tertiary alicyclic amines) is 1. The molecule has 1 N–H and O–H groups in total. The molecule has 1 aromatic carbocycles. The Morgan fingerprint density at radius 2 is 2.05 bits per heavy atom. The number of ether oxygens (including phenoxy) is 1. The molecule has 120 valence electrons. The summed E-state index contributed by atoms with van der Waals surface area (Å²) in [5.41, 5.74) is 0.939. The summed E-state index contributed by atoms with van der Waals surface area (Å²) in [5.74, 6) is -0.0968. The van der Waals surface area contributed by atoms with Gasteiger partial charge in [0.25, 0.3) is 0 Å². The van der Waals surface area contributed by atoms with E-state index in [0.717, 1.165) is 24.8 Å². The largest absolute Gasteiger partial charge is 0.445 e. The quantitative estimate of drug-likeness (QED) is 0.847. The fraction of sp³-hybridized carbons (Fsp3) is 0.500. The Balaban J connectivity index is 1.75. The van der Waals surface area contributed by atoms with Gasteiger partial charge in [0.1, 0.15) is 12.5 Å². The Hall–Kier alpha value is -1.75. The van der Waals surface area contributed by atoms with Crippen LogP contribution in [0.1, 0.15) is 24.8 Å². The van der Waals surface area contributed by atoms with Crippen molar-refractivity contribution in [1.29, 1.82) is 0 Å². The molecule has 2 rings (SSSR count). The molecule has 0 spiro atoms. The second-order valence-electron chi connectivity index (χ2n) is 5.31. The number of nitrogens with one attached hydrogen (secondary N) is 1. The maximum absolute atomic E-state index is 11.8. The Morgan fingerprint density at radius 3 is 2.77 bits per heavy atom. The molecule has 1 atom stereocenters. The summed E-state index contributed by atoms with van der Waals surface area (Å²) in [7, 11) is 0. The van der Waals surface area contributed by atoms with Crippen LogP contribution in [0.2, 0.25) is 0 Å². The van der Waals surface area contributed by atoms with E-state index >= 15 is 0 Å². The van der Waals surface area contributed by atoms with Gasteiger partial charge >= 0.3 is 6.09 Å². The maximum atomic E-state index is 11.8. The fourth-order valence-electron chi connectivity index (χ4n) is 2.59. The number of benzene rings is 1. The van der Waals surface area contributed by atoms with Crippen molar-refractivity contribution in [3.8, 4) is 0 Å². The molecular formula is C16H21ClN2O3. The van der Waals surface area contributed by atoms with Crippen LogP contribution in [0, 0.1) is 0 Å². The van der Waals surface area contributed by atoms with E-state index in [4.69, 9.17) is 16.3 Å². The van der Waals surface area contributed by atoms with Crippen LogP contribution in [-0.2, 0) is 16.1 Å². The van der Waals surface area contributed by atoms with Gasteiger partial charge in [0.15, 0.2) is 0 Å². The predicted octanol–water partition coefficient (Wildman–Crippen LogP) is 2.53. The lowest BCUT2D eigenvalue weighted by Crippen LogP contribution is -2.49. The number of amides is 2. The van der Waals surface area contributed by atoms with E-state index in [9.17, 15) is 9.59 Å². The molecule has 0 bridgehead atoms. The van der Waals surface area contributed by atoms with Crippen LogP contribution < -0.4 is 5.32 Å². The van der Waals surface area contributed by atoms with Crippen LogP contribution in [-0.4, -0.2) is 41.9 Å². The summed E-state index contributed by atoms with van der Waals surface area (Å²) in [4.78, 5) is 25.3. The molecule has 1 aliphatic rings. The predicted molar refractivity (Wildman–Crippen MR) is 84.7 cm³/mol. The average molecular weight is 325 g/mol. The molecule has 1 aromatic rings. The third-order valence-electron chi connectivity index (χ3n) is 3.76. The Bertz CT molecular complexity index is 495. The first-order valence-electron chi connectivity index (χ1n) is 7.50. The van der Waals surface area contributed by atoms with Crippen molar-refractivity contribution in [3.05, 3.63) is 35.9 Å². The third-order valence-corrected chi connectivity index (χ3v) is 3.99. The van der Waals surface area contributed by atoms with Crippen molar-refractivity contribution in [2.45, 2.75) is 31.9 Å². The molecule has 0 saturated carbocycles. The summed E-state index contributed by atoms with van der Waals surface area (Å²) in [6.07, 6.45) is 2.45. The number of alkyl halides is 1. The topological polar surface area (TPSA) is 58.6 Å². The molecular weight excluding hydrogens is 304 g/mol. The summed E-state index contributed by atoms with van der Waals surface area (Å²) < 4.78 is 5.16. The zero-order valence-corrected chi connectivity index (χ0v) is 13.2. The van der Waals surface area contributed by atoms with Gasteiger partial charge in [-0.3, -0.25) is 4.79 Å². The second-order valence-corrected chi connectivity index (χ2v) is 5.58. The van der Waals surface area contributed by atoms with Crippen LogP contribution in [0.15, 0.2) is 30.3 Å². The molecule has 2 amide bonds. The van der Waals surface area contributed by atoms with Crippen LogP contribution >= 0.6 is 11.6 Å². The highest BCUT2D eigenvalue weighted by molar-refractivity contribution is 6.27. The van der Waals surface area contributed by atoms with Crippen LogP contribution in [0.3, 0.4) is 0 Å². The van der Waals surface area contributed by atoms with E-state index in [1.807, 2.05) is 30.3 Å². The molecule has 5 nitrogen and oxygen atoms in total. The number of halogens is 1. The van der Waals surface area contributed by atoms with Gasteiger partial charge in [0.05, 0.1) is 0 Å². The Morgan fingerprint density at radius 1 is 1.27 bits per heavy atom. The number of carbonyl (C=O) groups is 2.